The van der Waals surface area contributed by atoms with Gasteiger partial charge in [-0.05, 0) is 32.1 Å². The number of carbonyl (C=O) groups excluding carboxylic acids is 1. The first-order chi connectivity index (χ1) is 9.25. The van der Waals surface area contributed by atoms with Crippen molar-refractivity contribution < 1.29 is 24.6 Å². The van der Waals surface area contributed by atoms with Gasteiger partial charge in [0.1, 0.15) is 0 Å². The molecule has 0 aromatic rings. The van der Waals surface area contributed by atoms with Crippen LogP contribution < -0.4 is 5.73 Å². The van der Waals surface area contributed by atoms with Gasteiger partial charge in [0.25, 0.3) is 0 Å². The van der Waals surface area contributed by atoms with Crippen LogP contribution in [0.5, 0.6) is 0 Å². The number of piperidine rings is 1. The molecule has 0 spiro atoms. The van der Waals surface area contributed by atoms with E-state index in [4.69, 9.17) is 15.9 Å². The summed E-state index contributed by atoms with van der Waals surface area (Å²) in [4.78, 5) is 36.1. The highest BCUT2D eigenvalue weighted by Gasteiger charge is 2.48. The molecule has 1 saturated heterocycles. The summed E-state index contributed by atoms with van der Waals surface area (Å²) in [5.74, 6) is -4.44. The maximum Gasteiger partial charge on any atom is 0.309 e. The van der Waals surface area contributed by atoms with E-state index in [9.17, 15) is 14.4 Å². The number of hydrogen-bond donors (Lipinski definition) is 3. The molecule has 1 aliphatic carbocycles. The van der Waals surface area contributed by atoms with Crippen molar-refractivity contribution in [3.05, 3.63) is 0 Å². The number of hydrogen-bond acceptors (Lipinski definition) is 4. The van der Waals surface area contributed by atoms with Crippen molar-refractivity contribution in [2.45, 2.75) is 31.7 Å². The highest BCUT2D eigenvalue weighted by molar-refractivity contribution is 5.88. The van der Waals surface area contributed by atoms with Crippen molar-refractivity contribution in [1.29, 1.82) is 0 Å². The number of amides is 1. The molecule has 1 aliphatic heterocycles. The molecule has 7 nitrogen and oxygen atoms in total. The van der Waals surface area contributed by atoms with E-state index < -0.39 is 29.3 Å². The van der Waals surface area contributed by atoms with Crippen LogP contribution in [0.25, 0.3) is 0 Å². The Hall–Kier alpha value is -1.63. The summed E-state index contributed by atoms with van der Waals surface area (Å²) >= 11 is 0. The lowest BCUT2D eigenvalue weighted by atomic mass is 9.84. The molecule has 1 amide bonds. The highest BCUT2D eigenvalue weighted by Crippen LogP contribution is 2.39. The molecular weight excluding hydrogens is 264 g/mol. The summed E-state index contributed by atoms with van der Waals surface area (Å²) in [6.45, 7) is 1.84. The van der Waals surface area contributed by atoms with E-state index in [1.165, 1.54) is 4.90 Å². The molecule has 1 heterocycles. The molecule has 20 heavy (non-hydrogen) atoms. The summed E-state index contributed by atoms with van der Waals surface area (Å²) in [7, 11) is 0. The van der Waals surface area contributed by atoms with Crippen molar-refractivity contribution in [2.24, 2.45) is 23.5 Å². The van der Waals surface area contributed by atoms with E-state index in [1.54, 1.807) is 6.92 Å². The first kappa shape index (κ1) is 14.8. The molecule has 0 aromatic carbocycles. The molecule has 0 aromatic heterocycles. The number of nitrogens with two attached hydrogens (primary N) is 1. The molecule has 3 unspecified atom stereocenters. The largest absolute Gasteiger partial charge is 0.481 e. The number of carboxylic acid groups (broad SMARTS) is 2. The number of nitrogens with zero attached hydrogens (tertiary/aromatic N) is 1. The second-order valence-corrected chi connectivity index (χ2v) is 5.99. The predicted molar refractivity (Wildman–Crippen MR) is 68.8 cm³/mol. The van der Waals surface area contributed by atoms with Gasteiger partial charge in [-0.25, -0.2) is 0 Å². The van der Waals surface area contributed by atoms with Crippen LogP contribution in [0.2, 0.25) is 0 Å². The van der Waals surface area contributed by atoms with Gasteiger partial charge in [-0.1, -0.05) is 0 Å². The van der Waals surface area contributed by atoms with E-state index in [2.05, 4.69) is 0 Å². The van der Waals surface area contributed by atoms with Crippen LogP contribution >= 0.6 is 0 Å². The average molecular weight is 284 g/mol. The van der Waals surface area contributed by atoms with Crippen molar-refractivity contribution in [1.82, 2.24) is 4.90 Å². The maximum atomic E-state index is 12.4. The zero-order valence-corrected chi connectivity index (χ0v) is 11.4. The average Bonchev–Trinajstić information content (AvgIpc) is 3.21. The molecule has 112 valence electrons. The van der Waals surface area contributed by atoms with Crippen molar-refractivity contribution in [3.8, 4) is 0 Å². The molecule has 7 heteroatoms. The Balaban J connectivity index is 2.10. The first-order valence-corrected chi connectivity index (χ1v) is 6.79. The Morgan fingerprint density at radius 1 is 1.10 bits per heavy atom. The SMILES string of the molecule is CC(N)(C(=O)N1CCC(C(=O)O)C(C(=O)O)C1)C1CC1. The van der Waals surface area contributed by atoms with Crippen molar-refractivity contribution >= 4 is 17.8 Å². The third-order valence-corrected chi connectivity index (χ3v) is 4.42. The lowest BCUT2D eigenvalue weighted by molar-refractivity contribution is -0.160. The normalized spacial score (nSPS) is 29.6. The minimum absolute atomic E-state index is 0.0787. The van der Waals surface area contributed by atoms with E-state index >= 15 is 0 Å². The highest BCUT2D eigenvalue weighted by atomic mass is 16.4. The molecule has 4 N–H and O–H groups in total. The third-order valence-electron chi connectivity index (χ3n) is 4.42. The van der Waals surface area contributed by atoms with Gasteiger partial charge in [0.05, 0.1) is 17.4 Å². The number of aliphatic carboxylic acids is 2. The minimum Gasteiger partial charge on any atom is -0.481 e. The molecule has 2 rings (SSSR count). The van der Waals surface area contributed by atoms with Crippen LogP contribution in [0.15, 0.2) is 0 Å². The summed E-state index contributed by atoms with van der Waals surface area (Å²) in [5, 5.41) is 18.2. The fourth-order valence-corrected chi connectivity index (χ4v) is 2.88. The van der Waals surface area contributed by atoms with Crippen molar-refractivity contribution in [3.63, 3.8) is 0 Å². The second-order valence-electron chi connectivity index (χ2n) is 5.99. The van der Waals surface area contributed by atoms with Gasteiger partial charge < -0.3 is 20.8 Å². The topological polar surface area (TPSA) is 121 Å². The van der Waals surface area contributed by atoms with E-state index in [1.807, 2.05) is 0 Å². The molecule has 2 fully saturated rings. The van der Waals surface area contributed by atoms with E-state index in [0.29, 0.717) is 0 Å². The Labute approximate surface area is 116 Å². The van der Waals surface area contributed by atoms with Crippen LogP contribution in [-0.4, -0.2) is 51.6 Å². The molecule has 0 bridgehead atoms. The Morgan fingerprint density at radius 2 is 1.65 bits per heavy atom. The summed E-state index contributed by atoms with van der Waals surface area (Å²) in [5.41, 5.74) is 5.08. The quantitative estimate of drug-likeness (QED) is 0.654. The minimum atomic E-state index is -1.18. The van der Waals surface area contributed by atoms with Gasteiger partial charge >= 0.3 is 11.9 Å². The summed E-state index contributed by atoms with van der Waals surface area (Å²) in [6.07, 6.45) is 1.97. The van der Waals surface area contributed by atoms with E-state index in [-0.39, 0.29) is 31.3 Å². The molecule has 2 aliphatic rings. The molecule has 0 radical (unpaired) electrons. The van der Waals surface area contributed by atoms with E-state index in [0.717, 1.165) is 12.8 Å². The van der Waals surface area contributed by atoms with Crippen molar-refractivity contribution in [2.75, 3.05) is 13.1 Å². The number of carboxylic acids is 2. The fraction of sp³-hybridized carbons (Fsp3) is 0.769. The zero-order valence-electron chi connectivity index (χ0n) is 11.4. The second kappa shape index (κ2) is 5.05. The lowest BCUT2D eigenvalue weighted by Gasteiger charge is -2.38. The summed E-state index contributed by atoms with van der Waals surface area (Å²) in [6, 6.07) is 0. The number of carbonyl (C=O) groups is 3. The Morgan fingerprint density at radius 3 is 2.10 bits per heavy atom. The van der Waals surface area contributed by atoms with Gasteiger partial charge in [0.2, 0.25) is 5.91 Å². The monoisotopic (exact) mass is 284 g/mol. The van der Waals surface area contributed by atoms with Gasteiger partial charge in [-0.15, -0.1) is 0 Å². The van der Waals surface area contributed by atoms with Crippen LogP contribution in [0.1, 0.15) is 26.2 Å². The number of rotatable bonds is 4. The van der Waals surface area contributed by atoms with Crippen LogP contribution in [-0.2, 0) is 14.4 Å². The van der Waals surface area contributed by atoms with Crippen LogP contribution in [0.4, 0.5) is 0 Å². The zero-order chi connectivity index (χ0) is 15.1. The molecular formula is C13H20N2O5. The Kier molecular flexibility index (Phi) is 3.73. The molecule has 1 saturated carbocycles. The standard InChI is InChI=1S/C13H20N2O5/c1-13(14,7-2-3-7)12(20)15-5-4-8(10(16)17)9(6-15)11(18)19/h7-9H,2-6,14H2,1H3,(H,16,17)(H,18,19). The van der Waals surface area contributed by atoms with Gasteiger partial charge in [0, 0.05) is 13.1 Å². The van der Waals surface area contributed by atoms with Crippen LogP contribution in [0.3, 0.4) is 0 Å². The number of likely N-dealkylation sites (tertiary alicyclic amines) is 1. The predicted octanol–water partition coefficient (Wildman–Crippen LogP) is -0.252. The van der Waals surface area contributed by atoms with Crippen LogP contribution in [0, 0.1) is 17.8 Å². The lowest BCUT2D eigenvalue weighted by Crippen LogP contribution is -2.59. The maximum absolute atomic E-state index is 12.4. The Bertz CT molecular complexity index is 444. The smallest absolute Gasteiger partial charge is 0.309 e. The van der Waals surface area contributed by atoms with Gasteiger partial charge in [0.15, 0.2) is 0 Å². The fourth-order valence-electron chi connectivity index (χ4n) is 2.88. The van der Waals surface area contributed by atoms with Gasteiger partial charge in [-0.3, -0.25) is 14.4 Å². The van der Waals surface area contributed by atoms with Gasteiger partial charge in [-0.2, -0.15) is 0 Å². The third kappa shape index (κ3) is 2.63. The summed E-state index contributed by atoms with van der Waals surface area (Å²) < 4.78 is 0. The molecule has 3 atom stereocenters. The first-order valence-electron chi connectivity index (χ1n) is 6.79.